The summed E-state index contributed by atoms with van der Waals surface area (Å²) in [6, 6.07) is 10.0. The molecular weight excluding hydrogens is 378 g/mol. The van der Waals surface area contributed by atoms with Gasteiger partial charge in [-0.25, -0.2) is 4.98 Å². The van der Waals surface area contributed by atoms with E-state index in [1.54, 1.807) is 0 Å². The maximum Gasteiger partial charge on any atom is 0.232 e. The topological polar surface area (TPSA) is 72.2 Å². The normalized spacial score (nSPS) is 11.4. The van der Waals surface area contributed by atoms with Crippen LogP contribution < -0.4 is 5.32 Å². The number of hydrogen-bond acceptors (Lipinski definition) is 6. The molecule has 0 aliphatic heterocycles. The Morgan fingerprint density at radius 1 is 1.22 bits per heavy atom. The Kier molecular flexibility index (Phi) is 5.00. The Bertz CT molecular complexity index is 1060. The molecular formula is C19H19N5OS2. The highest BCUT2D eigenvalue weighted by Crippen LogP contribution is 2.24. The standard InChI is InChI=1S/C19H19N5OS2/c1-12(2)8-17-22-23-18(27-17)21-16(25)9-14-11-26-19-20-15(10-24(14)19)13-6-4-3-5-7-13/h3-7,10-12H,8-9H2,1-2H3,(H,21,23,25). The second-order valence-corrected chi connectivity index (χ2v) is 8.59. The predicted molar refractivity (Wildman–Crippen MR) is 109 cm³/mol. The lowest BCUT2D eigenvalue weighted by atomic mass is 10.1. The fourth-order valence-electron chi connectivity index (χ4n) is 2.77. The zero-order valence-electron chi connectivity index (χ0n) is 15.0. The van der Waals surface area contributed by atoms with Gasteiger partial charge in [0.1, 0.15) is 5.01 Å². The first-order valence-corrected chi connectivity index (χ1v) is 10.4. The molecule has 1 amide bonds. The fourth-order valence-corrected chi connectivity index (χ4v) is 4.61. The van der Waals surface area contributed by atoms with Crippen LogP contribution in [0.25, 0.3) is 16.2 Å². The molecule has 1 N–H and O–H groups in total. The van der Waals surface area contributed by atoms with Crippen LogP contribution in [0.4, 0.5) is 5.13 Å². The van der Waals surface area contributed by atoms with Crippen molar-refractivity contribution in [2.75, 3.05) is 5.32 Å². The molecule has 0 aliphatic rings. The molecule has 4 aromatic rings. The van der Waals surface area contributed by atoms with Crippen LogP contribution >= 0.6 is 22.7 Å². The van der Waals surface area contributed by atoms with Gasteiger partial charge >= 0.3 is 0 Å². The van der Waals surface area contributed by atoms with Crippen molar-refractivity contribution in [1.29, 1.82) is 0 Å². The molecule has 0 aliphatic carbocycles. The Balaban J connectivity index is 1.47. The van der Waals surface area contributed by atoms with Gasteiger partial charge in [0.15, 0.2) is 4.96 Å². The van der Waals surface area contributed by atoms with E-state index in [1.165, 1.54) is 22.7 Å². The van der Waals surface area contributed by atoms with Gasteiger partial charge in [-0.2, -0.15) is 0 Å². The minimum Gasteiger partial charge on any atom is -0.300 e. The molecule has 27 heavy (non-hydrogen) atoms. The van der Waals surface area contributed by atoms with Crippen molar-refractivity contribution in [3.8, 4) is 11.3 Å². The summed E-state index contributed by atoms with van der Waals surface area (Å²) >= 11 is 2.97. The number of carbonyl (C=O) groups is 1. The number of rotatable bonds is 6. The van der Waals surface area contributed by atoms with E-state index in [9.17, 15) is 4.79 Å². The lowest BCUT2D eigenvalue weighted by Crippen LogP contribution is -2.15. The number of nitrogens with one attached hydrogen (secondary N) is 1. The van der Waals surface area contributed by atoms with Crippen LogP contribution in [0.5, 0.6) is 0 Å². The molecule has 138 valence electrons. The highest BCUT2D eigenvalue weighted by molar-refractivity contribution is 7.15. The van der Waals surface area contributed by atoms with Crippen molar-refractivity contribution in [1.82, 2.24) is 19.6 Å². The van der Waals surface area contributed by atoms with Crippen molar-refractivity contribution < 1.29 is 4.79 Å². The first kappa shape index (κ1) is 17.8. The first-order chi connectivity index (χ1) is 13.1. The van der Waals surface area contributed by atoms with Gasteiger partial charge < -0.3 is 5.32 Å². The van der Waals surface area contributed by atoms with E-state index in [0.29, 0.717) is 11.0 Å². The minimum absolute atomic E-state index is 0.100. The molecule has 3 aromatic heterocycles. The molecule has 0 fully saturated rings. The van der Waals surface area contributed by atoms with Crippen molar-refractivity contribution in [3.63, 3.8) is 0 Å². The van der Waals surface area contributed by atoms with Crippen LogP contribution in [0.15, 0.2) is 41.9 Å². The van der Waals surface area contributed by atoms with Crippen molar-refractivity contribution >= 4 is 38.7 Å². The highest BCUT2D eigenvalue weighted by atomic mass is 32.1. The summed E-state index contributed by atoms with van der Waals surface area (Å²) in [6.07, 6.45) is 3.12. The van der Waals surface area contributed by atoms with Crippen LogP contribution in [-0.2, 0) is 17.6 Å². The molecule has 0 spiro atoms. The molecule has 8 heteroatoms. The Hall–Kier alpha value is -2.58. The molecule has 4 rings (SSSR count). The number of hydrogen-bond donors (Lipinski definition) is 1. The number of anilines is 1. The lowest BCUT2D eigenvalue weighted by molar-refractivity contribution is -0.115. The lowest BCUT2D eigenvalue weighted by Gasteiger charge is -2.01. The molecule has 0 bridgehead atoms. The van der Waals surface area contributed by atoms with E-state index in [1.807, 2.05) is 46.3 Å². The van der Waals surface area contributed by atoms with Gasteiger partial charge in [-0.1, -0.05) is 55.5 Å². The zero-order chi connectivity index (χ0) is 18.8. The Labute approximate surface area is 164 Å². The number of amides is 1. The summed E-state index contributed by atoms with van der Waals surface area (Å²) in [5.41, 5.74) is 2.89. The molecule has 0 unspecified atom stereocenters. The van der Waals surface area contributed by atoms with Gasteiger partial charge in [0.05, 0.1) is 12.1 Å². The maximum atomic E-state index is 12.4. The Morgan fingerprint density at radius 2 is 2.04 bits per heavy atom. The summed E-state index contributed by atoms with van der Waals surface area (Å²) in [6.45, 7) is 4.27. The van der Waals surface area contributed by atoms with Gasteiger partial charge in [0, 0.05) is 29.3 Å². The minimum atomic E-state index is -0.100. The number of imidazole rings is 1. The van der Waals surface area contributed by atoms with Crippen LogP contribution in [0.2, 0.25) is 0 Å². The average Bonchev–Trinajstić information content (AvgIpc) is 3.33. The predicted octanol–water partition coefficient (Wildman–Crippen LogP) is 4.29. The number of aromatic nitrogens is 4. The van der Waals surface area contributed by atoms with Gasteiger partial charge in [-0.15, -0.1) is 21.5 Å². The summed E-state index contributed by atoms with van der Waals surface area (Å²) < 4.78 is 1.98. The van der Waals surface area contributed by atoms with Crippen molar-refractivity contribution in [3.05, 3.63) is 52.6 Å². The summed E-state index contributed by atoms with van der Waals surface area (Å²) in [5, 5.41) is 14.5. The van der Waals surface area contributed by atoms with E-state index in [4.69, 9.17) is 0 Å². The third-order valence-corrected chi connectivity index (χ3v) is 5.74. The second-order valence-electron chi connectivity index (χ2n) is 6.70. The van der Waals surface area contributed by atoms with Crippen molar-refractivity contribution in [2.45, 2.75) is 26.7 Å². The van der Waals surface area contributed by atoms with Crippen LogP contribution in [-0.4, -0.2) is 25.5 Å². The SMILES string of the molecule is CC(C)Cc1nnc(NC(=O)Cc2csc3nc(-c4ccccc4)cn23)s1. The third kappa shape index (κ3) is 4.06. The second kappa shape index (κ2) is 7.58. The fraction of sp³-hybridized carbons (Fsp3) is 0.263. The third-order valence-electron chi connectivity index (χ3n) is 3.99. The van der Waals surface area contributed by atoms with E-state index in [0.717, 1.165) is 33.3 Å². The van der Waals surface area contributed by atoms with E-state index >= 15 is 0 Å². The summed E-state index contributed by atoms with van der Waals surface area (Å²) in [5.74, 6) is 0.414. The maximum absolute atomic E-state index is 12.4. The number of nitrogens with zero attached hydrogens (tertiary/aromatic N) is 4. The molecule has 1 aromatic carbocycles. The van der Waals surface area contributed by atoms with Gasteiger partial charge in [0.25, 0.3) is 0 Å². The Morgan fingerprint density at radius 3 is 2.81 bits per heavy atom. The van der Waals surface area contributed by atoms with Gasteiger partial charge in [-0.05, 0) is 5.92 Å². The largest absolute Gasteiger partial charge is 0.300 e. The summed E-state index contributed by atoms with van der Waals surface area (Å²) in [4.78, 5) is 18.0. The zero-order valence-corrected chi connectivity index (χ0v) is 16.7. The summed E-state index contributed by atoms with van der Waals surface area (Å²) in [7, 11) is 0. The van der Waals surface area contributed by atoms with Gasteiger partial charge in [-0.3, -0.25) is 9.20 Å². The molecule has 0 atom stereocenters. The smallest absolute Gasteiger partial charge is 0.232 e. The molecule has 3 heterocycles. The number of thiazole rings is 1. The molecule has 0 radical (unpaired) electrons. The molecule has 0 saturated heterocycles. The monoisotopic (exact) mass is 397 g/mol. The van der Waals surface area contributed by atoms with E-state index < -0.39 is 0 Å². The first-order valence-electron chi connectivity index (χ1n) is 8.71. The van der Waals surface area contributed by atoms with Crippen LogP contribution in [0, 0.1) is 5.92 Å². The molecule has 6 nitrogen and oxygen atoms in total. The van der Waals surface area contributed by atoms with E-state index in [-0.39, 0.29) is 12.3 Å². The number of benzene rings is 1. The number of carbonyl (C=O) groups excluding carboxylic acids is 1. The van der Waals surface area contributed by atoms with Gasteiger partial charge in [0.2, 0.25) is 11.0 Å². The van der Waals surface area contributed by atoms with Crippen LogP contribution in [0.3, 0.4) is 0 Å². The van der Waals surface area contributed by atoms with Crippen LogP contribution in [0.1, 0.15) is 24.5 Å². The number of fused-ring (bicyclic) bond motifs is 1. The molecule has 0 saturated carbocycles. The average molecular weight is 398 g/mol. The quantitative estimate of drug-likeness (QED) is 0.527. The van der Waals surface area contributed by atoms with E-state index in [2.05, 4.69) is 34.3 Å². The highest BCUT2D eigenvalue weighted by Gasteiger charge is 2.14. The van der Waals surface area contributed by atoms with Crippen molar-refractivity contribution in [2.24, 2.45) is 5.92 Å².